The lowest BCUT2D eigenvalue weighted by atomic mass is 10.1. The largest absolute Gasteiger partial charge is 0.478 e. The Hall–Kier alpha value is -0.960. The van der Waals surface area contributed by atoms with E-state index in [1.807, 2.05) is 6.92 Å². The van der Waals surface area contributed by atoms with Crippen LogP contribution in [0.1, 0.15) is 29.3 Å². The number of benzene rings is 1. The number of nitrogens with one attached hydrogen (secondary N) is 2. The summed E-state index contributed by atoms with van der Waals surface area (Å²) in [5.74, 6) is -1.16. The highest BCUT2D eigenvalue weighted by molar-refractivity contribution is 9.10. The molecule has 0 saturated carbocycles. The fraction of sp³-hybridized carbons (Fsp3) is 0.462. The van der Waals surface area contributed by atoms with Gasteiger partial charge in [0.15, 0.2) is 0 Å². The first-order chi connectivity index (χ1) is 9.79. The zero-order valence-corrected chi connectivity index (χ0v) is 14.3. The van der Waals surface area contributed by atoms with E-state index in [0.717, 1.165) is 13.1 Å². The summed E-state index contributed by atoms with van der Waals surface area (Å²) in [6.45, 7) is 5.44. The molecule has 8 heteroatoms. The summed E-state index contributed by atoms with van der Waals surface area (Å²) in [6.07, 6.45) is 0.659. The molecule has 0 heterocycles. The standard InChI is InChI=1S/C13H19BrN2O4S/c1-3-15-5-4-6-16-21(19,20)10-7-11(13(17)18)9(2)12(14)8-10/h7-8,15-16H,3-6H2,1-2H3,(H,17,18). The van der Waals surface area contributed by atoms with Crippen LogP contribution >= 0.6 is 15.9 Å². The van der Waals surface area contributed by atoms with Crippen LogP contribution in [0.15, 0.2) is 21.5 Å². The fourth-order valence-electron chi connectivity index (χ4n) is 1.71. The first kappa shape index (κ1) is 18.1. The minimum atomic E-state index is -3.71. The van der Waals surface area contributed by atoms with Crippen LogP contribution in [0, 0.1) is 6.92 Å². The second-order valence-corrected chi connectivity index (χ2v) is 7.11. The average Bonchev–Trinajstić information content (AvgIpc) is 2.40. The van der Waals surface area contributed by atoms with Gasteiger partial charge < -0.3 is 10.4 Å². The second kappa shape index (κ2) is 7.88. The van der Waals surface area contributed by atoms with Crippen LogP contribution in [0.3, 0.4) is 0 Å². The van der Waals surface area contributed by atoms with Crippen molar-refractivity contribution in [2.24, 2.45) is 0 Å². The monoisotopic (exact) mass is 378 g/mol. The van der Waals surface area contributed by atoms with Gasteiger partial charge in [-0.05, 0) is 44.1 Å². The molecule has 0 atom stereocenters. The van der Waals surface area contributed by atoms with Crippen LogP contribution in [-0.4, -0.2) is 39.1 Å². The van der Waals surface area contributed by atoms with E-state index in [-0.39, 0.29) is 10.5 Å². The number of carbonyl (C=O) groups is 1. The van der Waals surface area contributed by atoms with Crippen molar-refractivity contribution in [2.45, 2.75) is 25.2 Å². The van der Waals surface area contributed by atoms with E-state index in [1.165, 1.54) is 12.1 Å². The molecule has 3 N–H and O–H groups in total. The van der Waals surface area contributed by atoms with Gasteiger partial charge in [-0.1, -0.05) is 22.9 Å². The third-order valence-corrected chi connectivity index (χ3v) is 5.20. The number of hydrogen-bond acceptors (Lipinski definition) is 4. The molecule has 0 radical (unpaired) electrons. The lowest BCUT2D eigenvalue weighted by Gasteiger charge is -2.10. The highest BCUT2D eigenvalue weighted by Crippen LogP contribution is 2.24. The second-order valence-electron chi connectivity index (χ2n) is 4.49. The molecule has 21 heavy (non-hydrogen) atoms. The Balaban J connectivity index is 2.91. The molecule has 0 saturated heterocycles. The normalized spacial score (nSPS) is 11.6. The SMILES string of the molecule is CCNCCCNS(=O)(=O)c1cc(Br)c(C)c(C(=O)O)c1. The van der Waals surface area contributed by atoms with Crippen LogP contribution in [0.2, 0.25) is 0 Å². The lowest BCUT2D eigenvalue weighted by molar-refractivity contribution is 0.0695. The Morgan fingerprint density at radius 1 is 1.33 bits per heavy atom. The van der Waals surface area contributed by atoms with Gasteiger partial charge in [0.05, 0.1) is 10.5 Å². The van der Waals surface area contributed by atoms with E-state index in [4.69, 9.17) is 5.11 Å². The Morgan fingerprint density at radius 3 is 2.57 bits per heavy atom. The Kier molecular flexibility index (Phi) is 6.79. The summed E-state index contributed by atoms with van der Waals surface area (Å²) >= 11 is 3.19. The van der Waals surface area contributed by atoms with E-state index in [9.17, 15) is 13.2 Å². The van der Waals surface area contributed by atoms with Crippen LogP contribution < -0.4 is 10.0 Å². The van der Waals surface area contributed by atoms with Crippen molar-refractivity contribution in [3.8, 4) is 0 Å². The van der Waals surface area contributed by atoms with Crippen LogP contribution in [-0.2, 0) is 10.0 Å². The molecule has 1 aromatic carbocycles. The summed E-state index contributed by atoms with van der Waals surface area (Å²) in [7, 11) is -3.71. The zero-order chi connectivity index (χ0) is 16.0. The van der Waals surface area contributed by atoms with Crippen molar-refractivity contribution < 1.29 is 18.3 Å². The van der Waals surface area contributed by atoms with Gasteiger partial charge in [0, 0.05) is 11.0 Å². The first-order valence-electron chi connectivity index (χ1n) is 6.53. The maximum absolute atomic E-state index is 12.2. The van der Waals surface area contributed by atoms with Crippen LogP contribution in [0.4, 0.5) is 0 Å². The van der Waals surface area contributed by atoms with Crippen molar-refractivity contribution in [2.75, 3.05) is 19.6 Å². The van der Waals surface area contributed by atoms with Gasteiger partial charge in [0.1, 0.15) is 0 Å². The molecule has 0 spiro atoms. The molecular formula is C13H19BrN2O4S. The first-order valence-corrected chi connectivity index (χ1v) is 8.81. The number of carboxylic acids is 1. The van der Waals surface area contributed by atoms with Gasteiger partial charge in [-0.15, -0.1) is 0 Å². The van der Waals surface area contributed by atoms with Crippen LogP contribution in [0.5, 0.6) is 0 Å². The molecule has 0 aliphatic rings. The molecule has 6 nitrogen and oxygen atoms in total. The fourth-order valence-corrected chi connectivity index (χ4v) is 3.45. The number of hydrogen-bond donors (Lipinski definition) is 3. The minimum absolute atomic E-state index is 0.0302. The van der Waals surface area contributed by atoms with Crippen molar-refractivity contribution in [1.29, 1.82) is 0 Å². The third-order valence-electron chi connectivity index (χ3n) is 2.93. The number of aromatic carboxylic acids is 1. The van der Waals surface area contributed by atoms with E-state index >= 15 is 0 Å². The predicted molar refractivity (Wildman–Crippen MR) is 84.2 cm³/mol. The van der Waals surface area contributed by atoms with Crippen molar-refractivity contribution in [3.63, 3.8) is 0 Å². The van der Waals surface area contributed by atoms with E-state index in [2.05, 4.69) is 26.0 Å². The van der Waals surface area contributed by atoms with Gasteiger partial charge in [0.25, 0.3) is 0 Å². The van der Waals surface area contributed by atoms with Crippen molar-refractivity contribution in [1.82, 2.24) is 10.0 Å². The molecule has 0 aliphatic heterocycles. The number of sulfonamides is 1. The molecular weight excluding hydrogens is 360 g/mol. The molecule has 1 rings (SSSR count). The summed E-state index contributed by atoms with van der Waals surface area (Å²) in [5, 5.41) is 12.2. The molecule has 0 aliphatic carbocycles. The number of carboxylic acid groups (broad SMARTS) is 1. The van der Waals surface area contributed by atoms with Gasteiger partial charge in [0.2, 0.25) is 10.0 Å². The maximum atomic E-state index is 12.2. The molecule has 1 aromatic rings. The summed E-state index contributed by atoms with van der Waals surface area (Å²) < 4.78 is 27.2. The molecule has 118 valence electrons. The molecule has 0 amide bonds. The van der Waals surface area contributed by atoms with Gasteiger partial charge in [-0.3, -0.25) is 0 Å². The maximum Gasteiger partial charge on any atom is 0.336 e. The van der Waals surface area contributed by atoms with E-state index < -0.39 is 16.0 Å². The quantitative estimate of drug-likeness (QED) is 0.598. The number of rotatable bonds is 8. The molecule has 0 bridgehead atoms. The Morgan fingerprint density at radius 2 is 2.00 bits per heavy atom. The minimum Gasteiger partial charge on any atom is -0.478 e. The third kappa shape index (κ3) is 5.06. The molecule has 0 aromatic heterocycles. The summed E-state index contributed by atoms with van der Waals surface area (Å²) in [5.41, 5.74) is 0.464. The predicted octanol–water partition coefficient (Wildman–Crippen LogP) is 1.73. The Labute approximate surface area is 133 Å². The average molecular weight is 379 g/mol. The Bertz CT molecular complexity index is 617. The van der Waals surface area contributed by atoms with Crippen molar-refractivity contribution in [3.05, 3.63) is 27.7 Å². The van der Waals surface area contributed by atoms with E-state index in [1.54, 1.807) is 6.92 Å². The van der Waals surface area contributed by atoms with Crippen LogP contribution in [0.25, 0.3) is 0 Å². The van der Waals surface area contributed by atoms with Gasteiger partial charge in [-0.25, -0.2) is 17.9 Å². The highest BCUT2D eigenvalue weighted by Gasteiger charge is 2.19. The summed E-state index contributed by atoms with van der Waals surface area (Å²) in [4.78, 5) is 11.1. The molecule has 0 fully saturated rings. The van der Waals surface area contributed by atoms with Crippen molar-refractivity contribution >= 4 is 31.9 Å². The highest BCUT2D eigenvalue weighted by atomic mass is 79.9. The topological polar surface area (TPSA) is 95.5 Å². The lowest BCUT2D eigenvalue weighted by Crippen LogP contribution is -2.27. The zero-order valence-electron chi connectivity index (χ0n) is 11.9. The summed E-state index contributed by atoms with van der Waals surface area (Å²) in [6, 6.07) is 2.59. The van der Waals surface area contributed by atoms with E-state index in [0.29, 0.717) is 23.0 Å². The molecule has 0 unspecified atom stereocenters. The smallest absolute Gasteiger partial charge is 0.336 e. The van der Waals surface area contributed by atoms with Gasteiger partial charge in [-0.2, -0.15) is 0 Å². The number of halogens is 1. The van der Waals surface area contributed by atoms with Gasteiger partial charge >= 0.3 is 5.97 Å².